The summed E-state index contributed by atoms with van der Waals surface area (Å²) in [6.45, 7) is 13.1. The summed E-state index contributed by atoms with van der Waals surface area (Å²) in [7, 11) is 0. The fraction of sp³-hybridized carbons (Fsp3) is 1.00. The Bertz CT molecular complexity index is 242. The van der Waals surface area contributed by atoms with Crippen LogP contribution in [0.2, 0.25) is 0 Å². The zero-order chi connectivity index (χ0) is 14.8. The highest BCUT2D eigenvalue weighted by atomic mass is 15.3. The van der Waals surface area contributed by atoms with E-state index in [1.165, 1.54) is 77.4 Å². The van der Waals surface area contributed by atoms with E-state index in [2.05, 4.69) is 37.9 Å². The van der Waals surface area contributed by atoms with E-state index in [0.29, 0.717) is 5.54 Å². The van der Waals surface area contributed by atoms with Crippen molar-refractivity contribution in [2.75, 3.05) is 19.6 Å². The van der Waals surface area contributed by atoms with Gasteiger partial charge in [0.25, 0.3) is 0 Å². The maximum absolute atomic E-state index is 3.77. The molecule has 2 unspecified atom stereocenters. The molecule has 0 aromatic rings. The SMILES string of the molecule is CCCCCCCCN1CC(CCC)NCC1(C)CC. The van der Waals surface area contributed by atoms with E-state index in [-0.39, 0.29) is 0 Å². The van der Waals surface area contributed by atoms with Crippen molar-refractivity contribution in [2.24, 2.45) is 0 Å². The van der Waals surface area contributed by atoms with Gasteiger partial charge in [0.2, 0.25) is 0 Å². The van der Waals surface area contributed by atoms with Gasteiger partial charge in [0.1, 0.15) is 0 Å². The predicted octanol–water partition coefficient (Wildman–Crippen LogP) is 4.59. The summed E-state index contributed by atoms with van der Waals surface area (Å²) in [4.78, 5) is 2.78. The summed E-state index contributed by atoms with van der Waals surface area (Å²) in [5.41, 5.74) is 0.383. The molecule has 1 N–H and O–H groups in total. The highest BCUT2D eigenvalue weighted by Gasteiger charge is 2.35. The lowest BCUT2D eigenvalue weighted by molar-refractivity contribution is 0.0453. The van der Waals surface area contributed by atoms with Crippen molar-refractivity contribution >= 4 is 0 Å². The van der Waals surface area contributed by atoms with Crippen LogP contribution in [0, 0.1) is 0 Å². The lowest BCUT2D eigenvalue weighted by atomic mass is 9.90. The average Bonchev–Trinajstić information content (AvgIpc) is 2.46. The minimum absolute atomic E-state index is 0.383. The fourth-order valence-corrected chi connectivity index (χ4v) is 3.36. The lowest BCUT2D eigenvalue weighted by Gasteiger charge is -2.48. The van der Waals surface area contributed by atoms with Crippen LogP contribution in [-0.4, -0.2) is 36.1 Å². The van der Waals surface area contributed by atoms with Crippen LogP contribution < -0.4 is 5.32 Å². The molecule has 0 saturated carbocycles. The van der Waals surface area contributed by atoms with Gasteiger partial charge in [0, 0.05) is 24.7 Å². The van der Waals surface area contributed by atoms with Crippen LogP contribution >= 0.6 is 0 Å². The molecule has 0 amide bonds. The van der Waals surface area contributed by atoms with E-state index in [1.807, 2.05) is 0 Å². The van der Waals surface area contributed by atoms with E-state index in [9.17, 15) is 0 Å². The Morgan fingerprint density at radius 1 is 1.00 bits per heavy atom. The third-order valence-corrected chi connectivity index (χ3v) is 5.16. The van der Waals surface area contributed by atoms with Crippen molar-refractivity contribution in [1.82, 2.24) is 10.2 Å². The maximum Gasteiger partial charge on any atom is 0.0303 e. The van der Waals surface area contributed by atoms with Crippen LogP contribution in [0.1, 0.15) is 85.5 Å². The Hall–Kier alpha value is -0.0800. The number of nitrogens with one attached hydrogen (secondary N) is 1. The van der Waals surface area contributed by atoms with E-state index < -0.39 is 0 Å². The molecule has 1 saturated heterocycles. The van der Waals surface area contributed by atoms with Gasteiger partial charge in [0.15, 0.2) is 0 Å². The molecular formula is C18H38N2. The first-order chi connectivity index (χ1) is 9.66. The molecule has 0 bridgehead atoms. The van der Waals surface area contributed by atoms with Crippen molar-refractivity contribution in [3.8, 4) is 0 Å². The van der Waals surface area contributed by atoms with Gasteiger partial charge in [-0.3, -0.25) is 4.90 Å². The van der Waals surface area contributed by atoms with Crippen LogP contribution in [0.4, 0.5) is 0 Å². The van der Waals surface area contributed by atoms with Gasteiger partial charge >= 0.3 is 0 Å². The van der Waals surface area contributed by atoms with E-state index in [4.69, 9.17) is 0 Å². The number of nitrogens with zero attached hydrogens (tertiary/aromatic N) is 1. The number of rotatable bonds is 10. The summed E-state index contributed by atoms with van der Waals surface area (Å²) in [6, 6.07) is 0.722. The van der Waals surface area contributed by atoms with Crippen LogP contribution in [0.3, 0.4) is 0 Å². The highest BCUT2D eigenvalue weighted by Crippen LogP contribution is 2.24. The molecule has 1 heterocycles. The van der Waals surface area contributed by atoms with Gasteiger partial charge in [-0.25, -0.2) is 0 Å². The Balaban J connectivity index is 2.33. The zero-order valence-electron chi connectivity index (χ0n) is 14.5. The van der Waals surface area contributed by atoms with Crippen molar-refractivity contribution < 1.29 is 0 Å². The normalized spacial score (nSPS) is 27.9. The highest BCUT2D eigenvalue weighted by molar-refractivity contribution is 4.94. The molecule has 2 atom stereocenters. The monoisotopic (exact) mass is 282 g/mol. The molecule has 1 aliphatic heterocycles. The number of hydrogen-bond donors (Lipinski definition) is 1. The molecule has 0 radical (unpaired) electrons. The quantitative estimate of drug-likeness (QED) is 0.590. The third kappa shape index (κ3) is 5.73. The lowest BCUT2D eigenvalue weighted by Crippen LogP contribution is -2.63. The van der Waals surface area contributed by atoms with Gasteiger partial charge in [-0.2, -0.15) is 0 Å². The molecule has 0 aromatic heterocycles. The van der Waals surface area contributed by atoms with Gasteiger partial charge in [-0.1, -0.05) is 59.3 Å². The van der Waals surface area contributed by atoms with Crippen molar-refractivity contribution in [2.45, 2.75) is 97.1 Å². The minimum Gasteiger partial charge on any atom is -0.311 e. The van der Waals surface area contributed by atoms with E-state index >= 15 is 0 Å². The first-order valence-electron chi connectivity index (χ1n) is 9.14. The number of unbranched alkanes of at least 4 members (excludes halogenated alkanes) is 5. The Morgan fingerprint density at radius 3 is 2.35 bits per heavy atom. The number of hydrogen-bond acceptors (Lipinski definition) is 2. The van der Waals surface area contributed by atoms with Gasteiger partial charge < -0.3 is 5.32 Å². The average molecular weight is 283 g/mol. The molecular weight excluding hydrogens is 244 g/mol. The second-order valence-corrected chi connectivity index (χ2v) is 6.93. The summed E-state index contributed by atoms with van der Waals surface area (Å²) in [5.74, 6) is 0. The second kappa shape index (κ2) is 9.78. The Morgan fingerprint density at radius 2 is 1.70 bits per heavy atom. The smallest absolute Gasteiger partial charge is 0.0303 e. The second-order valence-electron chi connectivity index (χ2n) is 6.93. The van der Waals surface area contributed by atoms with Crippen LogP contribution in [0.15, 0.2) is 0 Å². The van der Waals surface area contributed by atoms with Crippen molar-refractivity contribution in [1.29, 1.82) is 0 Å². The van der Waals surface area contributed by atoms with Gasteiger partial charge in [-0.05, 0) is 32.7 Å². The fourth-order valence-electron chi connectivity index (χ4n) is 3.36. The third-order valence-electron chi connectivity index (χ3n) is 5.16. The Kier molecular flexibility index (Phi) is 8.79. The summed E-state index contributed by atoms with van der Waals surface area (Å²) in [6.07, 6.45) is 12.3. The standard InChI is InChI=1S/C18H38N2/c1-5-8-9-10-11-12-14-20-15-17(13-6-2)19-16-18(20,4)7-3/h17,19H,5-16H2,1-4H3. The first-order valence-corrected chi connectivity index (χ1v) is 9.14. The number of piperazine rings is 1. The molecule has 2 heteroatoms. The topological polar surface area (TPSA) is 15.3 Å². The summed E-state index contributed by atoms with van der Waals surface area (Å²) < 4.78 is 0. The van der Waals surface area contributed by atoms with Crippen LogP contribution in [0.25, 0.3) is 0 Å². The molecule has 20 heavy (non-hydrogen) atoms. The van der Waals surface area contributed by atoms with Crippen LogP contribution in [-0.2, 0) is 0 Å². The zero-order valence-corrected chi connectivity index (χ0v) is 14.5. The van der Waals surface area contributed by atoms with E-state index in [0.717, 1.165) is 6.04 Å². The molecule has 0 aromatic carbocycles. The summed E-state index contributed by atoms with van der Waals surface area (Å²) in [5, 5.41) is 3.77. The molecule has 2 nitrogen and oxygen atoms in total. The molecule has 1 aliphatic rings. The molecule has 0 spiro atoms. The van der Waals surface area contributed by atoms with Crippen LogP contribution in [0.5, 0.6) is 0 Å². The van der Waals surface area contributed by atoms with Crippen molar-refractivity contribution in [3.05, 3.63) is 0 Å². The Labute approximate surface area is 127 Å². The van der Waals surface area contributed by atoms with E-state index in [1.54, 1.807) is 0 Å². The maximum atomic E-state index is 3.77. The molecule has 1 fully saturated rings. The summed E-state index contributed by atoms with van der Waals surface area (Å²) >= 11 is 0. The first kappa shape index (κ1) is 18.0. The molecule has 0 aliphatic carbocycles. The van der Waals surface area contributed by atoms with Gasteiger partial charge in [-0.15, -0.1) is 0 Å². The van der Waals surface area contributed by atoms with Gasteiger partial charge in [0.05, 0.1) is 0 Å². The van der Waals surface area contributed by atoms with Crippen molar-refractivity contribution in [3.63, 3.8) is 0 Å². The minimum atomic E-state index is 0.383. The molecule has 1 rings (SSSR count). The largest absolute Gasteiger partial charge is 0.311 e. The predicted molar refractivity (Wildman–Crippen MR) is 90.3 cm³/mol. The molecule has 120 valence electrons.